The Morgan fingerprint density at radius 1 is 1.23 bits per heavy atom. The first-order valence-corrected chi connectivity index (χ1v) is 11.3. The van der Waals surface area contributed by atoms with Crippen LogP contribution in [0.25, 0.3) is 0 Å². The van der Waals surface area contributed by atoms with Gasteiger partial charge in [-0.25, -0.2) is 9.59 Å². The minimum absolute atomic E-state index is 0.227. The number of nitrogens with zero attached hydrogens (tertiary/aromatic N) is 2. The van der Waals surface area contributed by atoms with Crippen LogP contribution in [0, 0.1) is 0 Å². The molecule has 0 unspecified atom stereocenters. The molecule has 0 saturated carbocycles. The molecule has 30 heavy (non-hydrogen) atoms. The maximum absolute atomic E-state index is 13.0. The molecular weight excluding hydrogens is 386 g/mol. The van der Waals surface area contributed by atoms with Gasteiger partial charge in [-0.05, 0) is 46.6 Å². The molecule has 1 atom stereocenters. The Kier molecular flexibility index (Phi) is 7.39. The van der Waals surface area contributed by atoms with Crippen molar-refractivity contribution in [2.24, 2.45) is 0 Å². The Hall–Kier alpha value is -2.09. The van der Waals surface area contributed by atoms with Crippen LogP contribution < -0.4 is 5.32 Å². The van der Waals surface area contributed by atoms with Gasteiger partial charge < -0.3 is 24.6 Å². The van der Waals surface area contributed by atoms with E-state index >= 15 is 0 Å². The first-order chi connectivity index (χ1) is 14.4. The number of amides is 2. The molecule has 1 spiro atoms. The smallest absolute Gasteiger partial charge is 0.409 e. The summed E-state index contributed by atoms with van der Waals surface area (Å²) in [5.74, 6) is -0.665. The van der Waals surface area contributed by atoms with E-state index < -0.39 is 11.6 Å². The van der Waals surface area contributed by atoms with Crippen LogP contribution in [0.3, 0.4) is 0 Å². The third-order valence-electron chi connectivity index (χ3n) is 6.60. The summed E-state index contributed by atoms with van der Waals surface area (Å²) < 4.78 is 10.7. The van der Waals surface area contributed by atoms with Crippen molar-refractivity contribution in [3.05, 3.63) is 11.1 Å². The topological polar surface area (TPSA) is 88.2 Å². The van der Waals surface area contributed by atoms with Gasteiger partial charge in [-0.15, -0.1) is 0 Å². The lowest BCUT2D eigenvalue weighted by Gasteiger charge is -2.38. The number of ether oxygens (including phenoxy) is 2. The molecule has 3 aliphatic heterocycles. The number of piperidine rings is 2. The molecule has 0 aromatic heterocycles. The Morgan fingerprint density at radius 3 is 2.63 bits per heavy atom. The number of esters is 1. The monoisotopic (exact) mass is 421 g/mol. The number of carbonyl (C=O) groups excluding carboxylic acids is 3. The lowest BCUT2D eigenvalue weighted by Crippen LogP contribution is -2.50. The van der Waals surface area contributed by atoms with E-state index in [-0.39, 0.29) is 12.0 Å². The van der Waals surface area contributed by atoms with Gasteiger partial charge in [0.2, 0.25) is 0 Å². The van der Waals surface area contributed by atoms with Crippen molar-refractivity contribution in [3.63, 3.8) is 0 Å². The average Bonchev–Trinajstić information content (AvgIpc) is 2.96. The van der Waals surface area contributed by atoms with Gasteiger partial charge >= 0.3 is 12.1 Å². The summed E-state index contributed by atoms with van der Waals surface area (Å²) in [6.07, 6.45) is 5.10. The lowest BCUT2D eigenvalue weighted by molar-refractivity contribution is -0.150. The first-order valence-electron chi connectivity index (χ1n) is 11.3. The summed E-state index contributed by atoms with van der Waals surface area (Å²) in [5, 5.41) is 2.99. The quantitative estimate of drug-likeness (QED) is 0.523. The van der Waals surface area contributed by atoms with Crippen molar-refractivity contribution >= 4 is 18.0 Å². The second-order valence-corrected chi connectivity index (χ2v) is 8.56. The number of hydrogen-bond acceptors (Lipinski definition) is 6. The molecule has 2 amide bonds. The van der Waals surface area contributed by atoms with Gasteiger partial charge in [0.15, 0.2) is 0 Å². The van der Waals surface area contributed by atoms with Crippen molar-refractivity contribution in [2.75, 3.05) is 39.3 Å². The lowest BCUT2D eigenvalue weighted by atomic mass is 9.83. The minimum atomic E-state index is -0.935. The van der Waals surface area contributed by atoms with E-state index in [0.717, 1.165) is 19.5 Å². The van der Waals surface area contributed by atoms with Crippen molar-refractivity contribution < 1.29 is 23.9 Å². The van der Waals surface area contributed by atoms with Crippen molar-refractivity contribution in [2.45, 2.75) is 70.9 Å². The fraction of sp³-hybridized carbons (Fsp3) is 0.773. The molecule has 3 heterocycles. The van der Waals surface area contributed by atoms with E-state index in [0.29, 0.717) is 56.3 Å². The summed E-state index contributed by atoms with van der Waals surface area (Å²) in [4.78, 5) is 41.3. The molecule has 0 aromatic carbocycles. The molecule has 3 rings (SSSR count). The number of nitrogens with one attached hydrogen (secondary N) is 1. The van der Waals surface area contributed by atoms with Crippen molar-refractivity contribution in [3.8, 4) is 0 Å². The highest BCUT2D eigenvalue weighted by atomic mass is 16.6. The summed E-state index contributed by atoms with van der Waals surface area (Å²) in [6.45, 7) is 9.44. The summed E-state index contributed by atoms with van der Waals surface area (Å²) in [7, 11) is 0. The van der Waals surface area contributed by atoms with E-state index in [4.69, 9.17) is 9.47 Å². The fourth-order valence-corrected chi connectivity index (χ4v) is 4.81. The van der Waals surface area contributed by atoms with Gasteiger partial charge in [0.05, 0.1) is 12.2 Å². The zero-order valence-electron chi connectivity index (χ0n) is 18.5. The van der Waals surface area contributed by atoms with E-state index in [2.05, 4.69) is 17.1 Å². The largest absolute Gasteiger partial charge is 0.450 e. The van der Waals surface area contributed by atoms with E-state index in [1.807, 2.05) is 0 Å². The second-order valence-electron chi connectivity index (χ2n) is 8.56. The number of hydrogen-bond donors (Lipinski definition) is 1. The Labute approximate surface area is 178 Å². The van der Waals surface area contributed by atoms with Crippen LogP contribution in [0.5, 0.6) is 0 Å². The summed E-state index contributed by atoms with van der Waals surface area (Å²) >= 11 is 0. The number of carbonyl (C=O) groups is 3. The third kappa shape index (κ3) is 4.79. The second kappa shape index (κ2) is 9.81. The molecule has 0 bridgehead atoms. The van der Waals surface area contributed by atoms with Crippen LogP contribution in [0.2, 0.25) is 0 Å². The first kappa shape index (κ1) is 22.6. The molecule has 0 aromatic rings. The molecule has 1 N–H and O–H groups in total. The zero-order chi connectivity index (χ0) is 21.7. The fourth-order valence-electron chi connectivity index (χ4n) is 4.81. The Morgan fingerprint density at radius 2 is 1.97 bits per heavy atom. The predicted octanol–water partition coefficient (Wildman–Crippen LogP) is 2.23. The maximum Gasteiger partial charge on any atom is 0.409 e. The molecule has 8 heteroatoms. The number of likely N-dealkylation sites (tertiary alicyclic amines) is 2. The molecular formula is C22H35N3O5. The van der Waals surface area contributed by atoms with Crippen LogP contribution in [0.4, 0.5) is 4.79 Å². The minimum Gasteiger partial charge on any atom is -0.450 e. The molecule has 168 valence electrons. The van der Waals surface area contributed by atoms with Crippen molar-refractivity contribution in [1.29, 1.82) is 0 Å². The predicted molar refractivity (Wildman–Crippen MR) is 112 cm³/mol. The SMILES string of the molecule is CCOC(=O)N1CCC2(CC1)OC(=O)C(C)=C2C(=O)NCCCN1CCCC[C@@H]1C. The van der Waals surface area contributed by atoms with E-state index in [9.17, 15) is 14.4 Å². The van der Waals surface area contributed by atoms with Crippen LogP contribution in [-0.2, 0) is 19.1 Å². The molecule has 2 fully saturated rings. The van der Waals surface area contributed by atoms with Gasteiger partial charge in [-0.3, -0.25) is 4.79 Å². The zero-order valence-corrected chi connectivity index (χ0v) is 18.5. The highest BCUT2D eigenvalue weighted by Gasteiger charge is 2.51. The molecule has 8 nitrogen and oxygen atoms in total. The van der Waals surface area contributed by atoms with Gasteiger partial charge in [0, 0.05) is 50.6 Å². The maximum atomic E-state index is 13.0. The molecule has 0 radical (unpaired) electrons. The van der Waals surface area contributed by atoms with Crippen LogP contribution >= 0.6 is 0 Å². The van der Waals surface area contributed by atoms with Gasteiger partial charge in [-0.2, -0.15) is 0 Å². The average molecular weight is 422 g/mol. The van der Waals surface area contributed by atoms with Crippen LogP contribution in [-0.4, -0.2) is 78.7 Å². The van der Waals surface area contributed by atoms with Crippen molar-refractivity contribution in [1.82, 2.24) is 15.1 Å². The van der Waals surface area contributed by atoms with E-state index in [1.54, 1.807) is 18.7 Å². The normalized spacial score (nSPS) is 24.2. The Balaban J connectivity index is 1.55. The third-order valence-corrected chi connectivity index (χ3v) is 6.60. The van der Waals surface area contributed by atoms with Crippen LogP contribution in [0.1, 0.15) is 59.3 Å². The highest BCUT2D eigenvalue weighted by molar-refractivity contribution is 6.07. The Bertz CT molecular complexity index is 697. The van der Waals surface area contributed by atoms with Gasteiger partial charge in [0.25, 0.3) is 5.91 Å². The van der Waals surface area contributed by atoms with Crippen LogP contribution in [0.15, 0.2) is 11.1 Å². The molecule has 2 saturated heterocycles. The standard InChI is InChI=1S/C22H35N3O5/c1-4-29-21(28)25-14-9-22(10-15-25)18(17(3)20(27)30-22)19(26)23-11-7-13-24-12-6-5-8-16(24)2/h16H,4-15H2,1-3H3,(H,23,26)/t16-/m0/s1. The molecule has 0 aliphatic carbocycles. The molecule has 3 aliphatic rings. The van der Waals surface area contributed by atoms with E-state index in [1.165, 1.54) is 19.3 Å². The summed E-state index contributed by atoms with van der Waals surface area (Å²) in [6, 6.07) is 0.605. The summed E-state index contributed by atoms with van der Waals surface area (Å²) in [5.41, 5.74) is -0.126. The number of rotatable bonds is 6. The van der Waals surface area contributed by atoms with Gasteiger partial charge in [-0.1, -0.05) is 6.42 Å². The highest BCUT2D eigenvalue weighted by Crippen LogP contribution is 2.41. The van der Waals surface area contributed by atoms with Gasteiger partial charge in [0.1, 0.15) is 5.60 Å².